The smallest absolute Gasteiger partial charge is 0.254 e. The number of nitrogens with zero attached hydrogens (tertiary/aromatic N) is 4. The van der Waals surface area contributed by atoms with Crippen LogP contribution in [0.1, 0.15) is 35.2 Å². The molecule has 28 heavy (non-hydrogen) atoms. The monoisotopic (exact) mass is 379 g/mol. The van der Waals surface area contributed by atoms with Crippen molar-refractivity contribution in [1.29, 1.82) is 0 Å². The highest BCUT2D eigenvalue weighted by Crippen LogP contribution is 2.28. The first kappa shape index (κ1) is 18.4. The van der Waals surface area contributed by atoms with Crippen molar-refractivity contribution in [3.8, 4) is 0 Å². The molecule has 0 unspecified atom stereocenters. The number of hydrogen-bond acceptors (Lipinski definition) is 5. The number of aromatic nitrogens is 2. The second kappa shape index (κ2) is 7.96. The predicted molar refractivity (Wildman–Crippen MR) is 107 cm³/mol. The summed E-state index contributed by atoms with van der Waals surface area (Å²) in [7, 11) is 0. The van der Waals surface area contributed by atoms with Gasteiger partial charge in [0.15, 0.2) is 0 Å². The van der Waals surface area contributed by atoms with Crippen LogP contribution < -0.4 is 10.2 Å². The Morgan fingerprint density at radius 3 is 2.43 bits per heavy atom. The third-order valence-electron chi connectivity index (χ3n) is 5.62. The average molecular weight is 379 g/mol. The van der Waals surface area contributed by atoms with Crippen LogP contribution in [0.3, 0.4) is 0 Å². The van der Waals surface area contributed by atoms with E-state index in [1.165, 1.54) is 0 Å². The molecule has 1 saturated heterocycles. The minimum Gasteiger partial charge on any atom is -0.337 e. The van der Waals surface area contributed by atoms with E-state index in [1.54, 1.807) is 24.5 Å². The van der Waals surface area contributed by atoms with Crippen molar-refractivity contribution in [3.05, 3.63) is 47.8 Å². The van der Waals surface area contributed by atoms with Crippen molar-refractivity contribution < 1.29 is 9.59 Å². The van der Waals surface area contributed by atoms with Crippen LogP contribution in [-0.4, -0.2) is 52.9 Å². The molecule has 1 saturated carbocycles. The number of aryl methyl sites for hydroxylation is 1. The molecule has 0 bridgehead atoms. The van der Waals surface area contributed by atoms with E-state index in [0.29, 0.717) is 37.7 Å². The minimum atomic E-state index is -0.00669. The van der Waals surface area contributed by atoms with E-state index in [1.807, 2.05) is 24.0 Å². The van der Waals surface area contributed by atoms with Crippen molar-refractivity contribution in [2.24, 2.45) is 5.92 Å². The summed E-state index contributed by atoms with van der Waals surface area (Å²) in [6.07, 6.45) is 6.49. The molecule has 1 aromatic heterocycles. The fraction of sp³-hybridized carbons (Fsp3) is 0.429. The van der Waals surface area contributed by atoms with Gasteiger partial charge in [-0.15, -0.1) is 0 Å². The Labute approximate surface area is 164 Å². The molecule has 2 aliphatic rings. The van der Waals surface area contributed by atoms with Crippen molar-refractivity contribution >= 4 is 23.5 Å². The minimum absolute atomic E-state index is 0.00669. The van der Waals surface area contributed by atoms with Crippen LogP contribution in [0.15, 0.2) is 36.7 Å². The maximum Gasteiger partial charge on any atom is 0.254 e. The molecule has 0 radical (unpaired) electrons. The molecule has 0 spiro atoms. The summed E-state index contributed by atoms with van der Waals surface area (Å²) in [6, 6.07) is 7.34. The van der Waals surface area contributed by atoms with Gasteiger partial charge in [-0.05, 0) is 43.5 Å². The number of anilines is 2. The number of rotatable bonds is 4. The first-order valence-electron chi connectivity index (χ1n) is 9.84. The number of nitrogens with one attached hydrogen (secondary N) is 1. The van der Waals surface area contributed by atoms with Gasteiger partial charge in [0.2, 0.25) is 11.9 Å². The average Bonchev–Trinajstić information content (AvgIpc) is 2.68. The molecule has 2 fully saturated rings. The van der Waals surface area contributed by atoms with Gasteiger partial charge < -0.3 is 15.1 Å². The molecule has 146 valence electrons. The fourth-order valence-electron chi connectivity index (χ4n) is 3.54. The van der Waals surface area contributed by atoms with E-state index in [0.717, 1.165) is 30.5 Å². The van der Waals surface area contributed by atoms with Gasteiger partial charge >= 0.3 is 0 Å². The summed E-state index contributed by atoms with van der Waals surface area (Å²) in [5, 5.41) is 3.00. The molecule has 1 aromatic carbocycles. The van der Waals surface area contributed by atoms with Gasteiger partial charge in [0.05, 0.1) is 0 Å². The largest absolute Gasteiger partial charge is 0.337 e. The molecule has 1 N–H and O–H groups in total. The van der Waals surface area contributed by atoms with Gasteiger partial charge in [-0.25, -0.2) is 9.97 Å². The third-order valence-corrected chi connectivity index (χ3v) is 5.62. The molecule has 4 rings (SSSR count). The van der Waals surface area contributed by atoms with Crippen LogP contribution in [0.25, 0.3) is 0 Å². The Balaban J connectivity index is 1.41. The second-order valence-corrected chi connectivity index (χ2v) is 7.47. The maximum absolute atomic E-state index is 13.0. The highest BCUT2D eigenvalue weighted by atomic mass is 16.2. The van der Waals surface area contributed by atoms with E-state index < -0.39 is 0 Å². The number of amides is 2. The summed E-state index contributed by atoms with van der Waals surface area (Å²) in [4.78, 5) is 37.7. The van der Waals surface area contributed by atoms with Gasteiger partial charge in [-0.3, -0.25) is 9.59 Å². The number of piperazine rings is 1. The zero-order valence-electron chi connectivity index (χ0n) is 16.1. The molecule has 2 aromatic rings. The lowest BCUT2D eigenvalue weighted by Gasteiger charge is -2.34. The van der Waals surface area contributed by atoms with E-state index in [9.17, 15) is 9.59 Å². The topological polar surface area (TPSA) is 78.4 Å². The van der Waals surface area contributed by atoms with E-state index in [2.05, 4.69) is 20.2 Å². The van der Waals surface area contributed by atoms with Crippen LogP contribution in [0.2, 0.25) is 0 Å². The van der Waals surface area contributed by atoms with Crippen LogP contribution in [-0.2, 0) is 4.79 Å². The summed E-state index contributed by atoms with van der Waals surface area (Å²) in [5.41, 5.74) is 2.31. The van der Waals surface area contributed by atoms with Crippen LogP contribution >= 0.6 is 0 Å². The lowest BCUT2D eigenvalue weighted by atomic mass is 9.84. The van der Waals surface area contributed by atoms with Gasteiger partial charge in [0, 0.05) is 55.7 Å². The number of carbonyl (C=O) groups excluding carboxylic acids is 2. The van der Waals surface area contributed by atoms with Gasteiger partial charge in [0.1, 0.15) is 0 Å². The maximum atomic E-state index is 13.0. The zero-order chi connectivity index (χ0) is 19.5. The molecule has 1 aliphatic carbocycles. The summed E-state index contributed by atoms with van der Waals surface area (Å²) in [6.45, 7) is 4.59. The number of carbonyl (C=O) groups is 2. The summed E-state index contributed by atoms with van der Waals surface area (Å²) in [5.74, 6) is 0.876. The highest BCUT2D eigenvalue weighted by Gasteiger charge is 2.26. The van der Waals surface area contributed by atoms with Crippen LogP contribution in [0.5, 0.6) is 0 Å². The molecular formula is C21H25N5O2. The Hall–Kier alpha value is -2.96. The van der Waals surface area contributed by atoms with Gasteiger partial charge in [-0.2, -0.15) is 0 Å². The molecule has 0 atom stereocenters. The summed E-state index contributed by atoms with van der Waals surface area (Å²) >= 11 is 0. The quantitative estimate of drug-likeness (QED) is 0.883. The first-order valence-corrected chi connectivity index (χ1v) is 9.84. The standard InChI is InChI=1S/C21H25N5O2/c1-15-6-7-17(14-18(15)24-19(27)16-4-2-5-16)20(28)25-10-12-26(13-11-25)21-22-8-3-9-23-21/h3,6-9,14,16H,2,4-5,10-13H2,1H3,(H,24,27). The van der Waals surface area contributed by atoms with Crippen molar-refractivity contribution in [3.63, 3.8) is 0 Å². The van der Waals surface area contributed by atoms with E-state index in [4.69, 9.17) is 0 Å². The molecule has 7 nitrogen and oxygen atoms in total. The van der Waals surface area contributed by atoms with E-state index in [-0.39, 0.29) is 17.7 Å². The lowest BCUT2D eigenvalue weighted by Crippen LogP contribution is -2.49. The number of hydrogen-bond donors (Lipinski definition) is 1. The Kier molecular flexibility index (Phi) is 5.23. The Morgan fingerprint density at radius 2 is 1.79 bits per heavy atom. The van der Waals surface area contributed by atoms with Crippen LogP contribution in [0, 0.1) is 12.8 Å². The first-order chi connectivity index (χ1) is 13.6. The van der Waals surface area contributed by atoms with Crippen molar-refractivity contribution in [1.82, 2.24) is 14.9 Å². The van der Waals surface area contributed by atoms with Crippen molar-refractivity contribution in [2.75, 3.05) is 36.4 Å². The normalized spacial score (nSPS) is 17.2. The SMILES string of the molecule is Cc1ccc(C(=O)N2CCN(c3ncccn3)CC2)cc1NC(=O)C1CCC1. The van der Waals surface area contributed by atoms with E-state index >= 15 is 0 Å². The van der Waals surface area contributed by atoms with Gasteiger partial charge in [0.25, 0.3) is 5.91 Å². The fourth-order valence-corrected chi connectivity index (χ4v) is 3.54. The molecule has 7 heteroatoms. The second-order valence-electron chi connectivity index (χ2n) is 7.47. The van der Waals surface area contributed by atoms with Crippen LogP contribution in [0.4, 0.5) is 11.6 Å². The Bertz CT molecular complexity index is 858. The highest BCUT2D eigenvalue weighted by molar-refractivity contribution is 5.98. The lowest BCUT2D eigenvalue weighted by molar-refractivity contribution is -0.122. The van der Waals surface area contributed by atoms with Crippen molar-refractivity contribution in [2.45, 2.75) is 26.2 Å². The number of benzene rings is 1. The Morgan fingerprint density at radius 1 is 1.07 bits per heavy atom. The molecular weight excluding hydrogens is 354 g/mol. The zero-order valence-corrected chi connectivity index (χ0v) is 16.1. The molecule has 2 amide bonds. The molecule has 2 heterocycles. The third kappa shape index (κ3) is 3.83. The van der Waals surface area contributed by atoms with Gasteiger partial charge in [-0.1, -0.05) is 12.5 Å². The molecule has 1 aliphatic heterocycles. The summed E-state index contributed by atoms with van der Waals surface area (Å²) < 4.78 is 0. The predicted octanol–water partition coefficient (Wildman–Crippen LogP) is 2.49.